The van der Waals surface area contributed by atoms with Crippen molar-refractivity contribution in [2.75, 3.05) is 11.1 Å². The standard InChI is InChI=1S/C17H20FN3O3S/c1-10-6-13(4-5-14(10)18)8-19-16(22)9-25-12(3)17(23)20-15-7-11(2)24-21-15/h4-7,12H,8-9H2,1-3H3,(H,19,22)(H,20,21,23)/t12-/m1/s1. The summed E-state index contributed by atoms with van der Waals surface area (Å²) in [5, 5.41) is 8.64. The first-order chi connectivity index (χ1) is 11.8. The van der Waals surface area contributed by atoms with Crippen LogP contribution >= 0.6 is 11.8 Å². The predicted octanol–water partition coefficient (Wildman–Crippen LogP) is 2.81. The van der Waals surface area contributed by atoms with Crippen molar-refractivity contribution < 1.29 is 18.5 Å². The van der Waals surface area contributed by atoms with Crippen LogP contribution in [0.1, 0.15) is 23.8 Å². The molecule has 0 saturated carbocycles. The molecule has 0 spiro atoms. The average Bonchev–Trinajstić information content (AvgIpc) is 2.98. The highest BCUT2D eigenvalue weighted by atomic mass is 32.2. The quantitative estimate of drug-likeness (QED) is 0.788. The van der Waals surface area contributed by atoms with Crippen LogP contribution < -0.4 is 10.6 Å². The van der Waals surface area contributed by atoms with E-state index in [1.807, 2.05) is 0 Å². The molecule has 0 aliphatic heterocycles. The van der Waals surface area contributed by atoms with E-state index in [1.54, 1.807) is 39.0 Å². The fourth-order valence-corrected chi connectivity index (χ4v) is 2.71. The van der Waals surface area contributed by atoms with Gasteiger partial charge in [-0.05, 0) is 38.0 Å². The van der Waals surface area contributed by atoms with Crippen LogP contribution in [0.3, 0.4) is 0 Å². The molecule has 0 bridgehead atoms. The van der Waals surface area contributed by atoms with Gasteiger partial charge in [0.05, 0.1) is 11.0 Å². The second-order valence-corrected chi connectivity index (χ2v) is 6.95. The number of nitrogens with zero attached hydrogens (tertiary/aromatic N) is 1. The van der Waals surface area contributed by atoms with Gasteiger partial charge in [-0.1, -0.05) is 17.3 Å². The van der Waals surface area contributed by atoms with Gasteiger partial charge in [0.15, 0.2) is 5.82 Å². The molecule has 8 heteroatoms. The molecule has 0 unspecified atom stereocenters. The normalized spacial score (nSPS) is 11.8. The zero-order chi connectivity index (χ0) is 18.4. The van der Waals surface area contributed by atoms with E-state index in [0.717, 1.165) is 5.56 Å². The summed E-state index contributed by atoms with van der Waals surface area (Å²) in [6.45, 7) is 5.43. The number of benzene rings is 1. The summed E-state index contributed by atoms with van der Waals surface area (Å²) >= 11 is 1.22. The van der Waals surface area contributed by atoms with Gasteiger partial charge in [0.1, 0.15) is 11.6 Å². The lowest BCUT2D eigenvalue weighted by atomic mass is 10.1. The van der Waals surface area contributed by atoms with Crippen LogP contribution in [0.5, 0.6) is 0 Å². The molecule has 2 N–H and O–H groups in total. The van der Waals surface area contributed by atoms with E-state index in [9.17, 15) is 14.0 Å². The highest BCUT2D eigenvalue weighted by molar-refractivity contribution is 8.01. The SMILES string of the molecule is Cc1cc(NC(=O)[C@@H](C)SCC(=O)NCc2ccc(F)c(C)c2)no1. The van der Waals surface area contributed by atoms with Gasteiger partial charge in [0.2, 0.25) is 11.8 Å². The van der Waals surface area contributed by atoms with Gasteiger partial charge in [0.25, 0.3) is 0 Å². The van der Waals surface area contributed by atoms with Crippen LogP contribution in [0.2, 0.25) is 0 Å². The molecule has 0 radical (unpaired) electrons. The number of carbonyl (C=O) groups is 2. The maximum atomic E-state index is 13.2. The molecular weight excluding hydrogens is 345 g/mol. The van der Waals surface area contributed by atoms with Crippen LogP contribution in [-0.2, 0) is 16.1 Å². The van der Waals surface area contributed by atoms with Gasteiger partial charge in [-0.25, -0.2) is 4.39 Å². The van der Waals surface area contributed by atoms with Gasteiger partial charge in [-0.3, -0.25) is 9.59 Å². The number of amides is 2. The molecule has 2 aromatic rings. The Morgan fingerprint density at radius 3 is 2.72 bits per heavy atom. The zero-order valence-electron chi connectivity index (χ0n) is 14.3. The number of thioether (sulfide) groups is 1. The Labute approximate surface area is 149 Å². The lowest BCUT2D eigenvalue weighted by Crippen LogP contribution is -2.28. The topological polar surface area (TPSA) is 84.2 Å². The summed E-state index contributed by atoms with van der Waals surface area (Å²) in [5.41, 5.74) is 1.36. The molecule has 25 heavy (non-hydrogen) atoms. The zero-order valence-corrected chi connectivity index (χ0v) is 15.1. The van der Waals surface area contributed by atoms with Crippen molar-refractivity contribution in [3.8, 4) is 0 Å². The first-order valence-corrected chi connectivity index (χ1v) is 8.77. The lowest BCUT2D eigenvalue weighted by Gasteiger charge is -2.11. The fourth-order valence-electron chi connectivity index (χ4n) is 2.00. The third-order valence-corrected chi connectivity index (χ3v) is 4.57. The van der Waals surface area contributed by atoms with Crippen molar-refractivity contribution in [2.24, 2.45) is 0 Å². The van der Waals surface area contributed by atoms with E-state index in [-0.39, 0.29) is 23.4 Å². The monoisotopic (exact) mass is 365 g/mol. The molecule has 2 rings (SSSR count). The molecule has 0 aliphatic carbocycles. The van der Waals surface area contributed by atoms with E-state index >= 15 is 0 Å². The summed E-state index contributed by atoms with van der Waals surface area (Å²) in [6, 6.07) is 6.32. The minimum absolute atomic E-state index is 0.145. The fraction of sp³-hybridized carbons (Fsp3) is 0.353. The summed E-state index contributed by atoms with van der Waals surface area (Å²) in [4.78, 5) is 23.9. The lowest BCUT2D eigenvalue weighted by molar-refractivity contribution is -0.118. The number of aryl methyl sites for hydroxylation is 2. The number of rotatable bonds is 7. The molecule has 1 heterocycles. The van der Waals surface area contributed by atoms with Gasteiger partial charge in [0, 0.05) is 12.6 Å². The Morgan fingerprint density at radius 2 is 2.08 bits per heavy atom. The van der Waals surface area contributed by atoms with Gasteiger partial charge in [-0.15, -0.1) is 11.8 Å². The Kier molecular flexibility index (Phi) is 6.58. The van der Waals surface area contributed by atoms with E-state index in [0.29, 0.717) is 23.7 Å². The smallest absolute Gasteiger partial charge is 0.238 e. The largest absolute Gasteiger partial charge is 0.360 e. The average molecular weight is 365 g/mol. The number of nitrogens with one attached hydrogen (secondary N) is 2. The molecule has 6 nitrogen and oxygen atoms in total. The number of anilines is 1. The molecule has 0 saturated heterocycles. The Bertz CT molecular complexity index is 763. The third kappa shape index (κ3) is 5.90. The molecule has 1 aromatic carbocycles. The highest BCUT2D eigenvalue weighted by Gasteiger charge is 2.16. The number of hydrogen-bond donors (Lipinski definition) is 2. The van der Waals surface area contributed by atoms with Gasteiger partial charge in [-0.2, -0.15) is 0 Å². The second-order valence-electron chi connectivity index (χ2n) is 5.63. The first-order valence-electron chi connectivity index (χ1n) is 7.72. The first kappa shape index (κ1) is 19.0. The third-order valence-electron chi connectivity index (χ3n) is 3.42. The number of carbonyl (C=O) groups excluding carboxylic acids is 2. The van der Waals surface area contributed by atoms with Crippen molar-refractivity contribution >= 4 is 29.4 Å². The number of aromatic nitrogens is 1. The molecule has 1 atom stereocenters. The Balaban J connectivity index is 1.73. The number of hydrogen-bond acceptors (Lipinski definition) is 5. The predicted molar refractivity (Wildman–Crippen MR) is 94.8 cm³/mol. The molecule has 1 aromatic heterocycles. The van der Waals surface area contributed by atoms with Crippen LogP contribution in [0.25, 0.3) is 0 Å². The van der Waals surface area contributed by atoms with Crippen LogP contribution in [0, 0.1) is 19.7 Å². The van der Waals surface area contributed by atoms with Crippen molar-refractivity contribution in [3.63, 3.8) is 0 Å². The van der Waals surface area contributed by atoms with Crippen molar-refractivity contribution in [1.29, 1.82) is 0 Å². The summed E-state index contributed by atoms with van der Waals surface area (Å²) in [5.74, 6) is 0.390. The molecule has 0 fully saturated rings. The number of halogens is 1. The van der Waals surface area contributed by atoms with E-state index in [1.165, 1.54) is 17.8 Å². The van der Waals surface area contributed by atoms with E-state index in [4.69, 9.17) is 4.52 Å². The minimum atomic E-state index is -0.421. The van der Waals surface area contributed by atoms with E-state index < -0.39 is 5.25 Å². The summed E-state index contributed by atoms with van der Waals surface area (Å²) < 4.78 is 18.1. The summed E-state index contributed by atoms with van der Waals surface area (Å²) in [7, 11) is 0. The molecular formula is C17H20FN3O3S. The minimum Gasteiger partial charge on any atom is -0.360 e. The molecule has 2 amide bonds. The second kappa shape index (κ2) is 8.66. The Morgan fingerprint density at radius 1 is 1.32 bits per heavy atom. The van der Waals surface area contributed by atoms with Crippen molar-refractivity contribution in [3.05, 3.63) is 47.0 Å². The molecule has 134 valence electrons. The van der Waals surface area contributed by atoms with Crippen molar-refractivity contribution in [1.82, 2.24) is 10.5 Å². The maximum Gasteiger partial charge on any atom is 0.238 e. The van der Waals surface area contributed by atoms with Crippen LogP contribution in [-0.4, -0.2) is 28.0 Å². The van der Waals surface area contributed by atoms with Gasteiger partial charge >= 0.3 is 0 Å². The highest BCUT2D eigenvalue weighted by Crippen LogP contribution is 2.14. The molecule has 0 aliphatic rings. The summed E-state index contributed by atoms with van der Waals surface area (Å²) in [6.07, 6.45) is 0. The van der Waals surface area contributed by atoms with E-state index in [2.05, 4.69) is 15.8 Å². The van der Waals surface area contributed by atoms with Crippen LogP contribution in [0.4, 0.5) is 10.2 Å². The van der Waals surface area contributed by atoms with Crippen LogP contribution in [0.15, 0.2) is 28.8 Å². The van der Waals surface area contributed by atoms with Crippen molar-refractivity contribution in [2.45, 2.75) is 32.6 Å². The Hall–Kier alpha value is -2.35. The van der Waals surface area contributed by atoms with Gasteiger partial charge < -0.3 is 15.2 Å². The maximum absolute atomic E-state index is 13.2.